The number of carbonyl (C=O) groups is 1. The Kier molecular flexibility index (Phi) is 3.27. The van der Waals surface area contributed by atoms with E-state index < -0.39 is 16.6 Å². The van der Waals surface area contributed by atoms with Crippen molar-refractivity contribution >= 4 is 45.8 Å². The summed E-state index contributed by atoms with van der Waals surface area (Å²) in [4.78, 5) is 20.4. The van der Waals surface area contributed by atoms with Crippen LogP contribution in [0.3, 0.4) is 0 Å². The quantitative estimate of drug-likeness (QED) is 0.514. The number of benzene rings is 1. The van der Waals surface area contributed by atoms with Crippen LogP contribution < -0.4 is 0 Å². The SMILES string of the molecule is O=C(O)c1cc(I)cc([N+](=O)[O-])c1Cl. The zero-order chi connectivity index (χ0) is 10.9. The molecule has 7 heteroatoms. The molecule has 5 nitrogen and oxygen atoms in total. The van der Waals surface area contributed by atoms with Gasteiger partial charge in [-0.3, -0.25) is 10.1 Å². The molecule has 1 rings (SSSR count). The van der Waals surface area contributed by atoms with Crippen molar-refractivity contribution in [3.05, 3.63) is 36.4 Å². The van der Waals surface area contributed by atoms with E-state index in [4.69, 9.17) is 16.7 Å². The normalized spacial score (nSPS) is 9.86. The lowest BCUT2D eigenvalue weighted by Gasteiger charge is -2.00. The molecular formula is C7H3ClINO4. The van der Waals surface area contributed by atoms with Gasteiger partial charge in [0.2, 0.25) is 0 Å². The Morgan fingerprint density at radius 2 is 2.14 bits per heavy atom. The molecule has 0 saturated carbocycles. The molecule has 0 aliphatic carbocycles. The molecule has 0 heterocycles. The van der Waals surface area contributed by atoms with Gasteiger partial charge in [0, 0.05) is 9.64 Å². The number of hydrogen-bond acceptors (Lipinski definition) is 3. The van der Waals surface area contributed by atoms with Gasteiger partial charge in [-0.1, -0.05) is 11.6 Å². The Morgan fingerprint density at radius 1 is 1.57 bits per heavy atom. The Bertz CT molecular complexity index is 385. The molecule has 1 N–H and O–H groups in total. The standard InChI is InChI=1S/C7H3ClINO4/c8-6-4(7(11)12)1-3(9)2-5(6)10(13)14/h1-2H,(H,11,12). The summed E-state index contributed by atoms with van der Waals surface area (Å²) in [7, 11) is 0. The summed E-state index contributed by atoms with van der Waals surface area (Å²) in [6.07, 6.45) is 0. The molecule has 0 aliphatic rings. The molecule has 14 heavy (non-hydrogen) atoms. The maximum atomic E-state index is 10.6. The van der Waals surface area contributed by atoms with Crippen molar-refractivity contribution < 1.29 is 14.8 Å². The van der Waals surface area contributed by atoms with Gasteiger partial charge in [-0.25, -0.2) is 4.79 Å². The summed E-state index contributed by atoms with van der Waals surface area (Å²) >= 11 is 7.33. The van der Waals surface area contributed by atoms with Crippen LogP contribution >= 0.6 is 34.2 Å². The molecule has 0 saturated heterocycles. The highest BCUT2D eigenvalue weighted by molar-refractivity contribution is 14.1. The van der Waals surface area contributed by atoms with Gasteiger partial charge in [0.1, 0.15) is 5.02 Å². The largest absolute Gasteiger partial charge is 0.478 e. The lowest BCUT2D eigenvalue weighted by molar-refractivity contribution is -0.384. The summed E-state index contributed by atoms with van der Waals surface area (Å²) < 4.78 is 0.455. The van der Waals surface area contributed by atoms with Crippen LogP contribution in [-0.4, -0.2) is 16.0 Å². The Hall–Kier alpha value is -0.890. The fourth-order valence-electron chi connectivity index (χ4n) is 0.863. The van der Waals surface area contributed by atoms with E-state index >= 15 is 0 Å². The summed E-state index contributed by atoms with van der Waals surface area (Å²) in [5.74, 6) is -1.28. The highest BCUT2D eigenvalue weighted by Gasteiger charge is 2.20. The summed E-state index contributed by atoms with van der Waals surface area (Å²) in [5.41, 5.74) is -0.652. The van der Waals surface area contributed by atoms with Gasteiger partial charge in [0.25, 0.3) is 5.69 Å². The van der Waals surface area contributed by atoms with E-state index in [1.807, 2.05) is 0 Å². The smallest absolute Gasteiger partial charge is 0.337 e. The second-order valence-electron chi connectivity index (χ2n) is 2.35. The summed E-state index contributed by atoms with van der Waals surface area (Å²) in [6, 6.07) is 2.49. The first-order chi connectivity index (χ1) is 6.43. The average Bonchev–Trinajstić information content (AvgIpc) is 2.07. The molecule has 0 fully saturated rings. The third kappa shape index (κ3) is 2.13. The molecule has 0 spiro atoms. The van der Waals surface area contributed by atoms with Gasteiger partial charge in [-0.05, 0) is 28.7 Å². The number of carboxylic acid groups (broad SMARTS) is 1. The van der Waals surface area contributed by atoms with Gasteiger partial charge < -0.3 is 5.11 Å². The van der Waals surface area contributed by atoms with Crippen LogP contribution in [0.4, 0.5) is 5.69 Å². The van der Waals surface area contributed by atoms with Crippen molar-refractivity contribution in [3.63, 3.8) is 0 Å². The van der Waals surface area contributed by atoms with Crippen LogP contribution in [0.5, 0.6) is 0 Å². The average molecular weight is 327 g/mol. The van der Waals surface area contributed by atoms with Crippen molar-refractivity contribution in [3.8, 4) is 0 Å². The van der Waals surface area contributed by atoms with E-state index in [2.05, 4.69) is 0 Å². The monoisotopic (exact) mass is 327 g/mol. The number of halogens is 2. The van der Waals surface area contributed by atoms with Crippen LogP contribution in [-0.2, 0) is 0 Å². The number of aromatic carboxylic acids is 1. The molecule has 1 aromatic carbocycles. The number of nitro groups is 1. The molecular weight excluding hydrogens is 324 g/mol. The third-order valence-electron chi connectivity index (χ3n) is 1.45. The molecule has 0 aliphatic heterocycles. The Morgan fingerprint density at radius 3 is 2.57 bits per heavy atom. The van der Waals surface area contributed by atoms with Crippen molar-refractivity contribution in [1.82, 2.24) is 0 Å². The van der Waals surface area contributed by atoms with Gasteiger partial charge in [-0.15, -0.1) is 0 Å². The fraction of sp³-hybridized carbons (Fsp3) is 0. The third-order valence-corrected chi connectivity index (χ3v) is 2.47. The minimum atomic E-state index is -1.28. The number of hydrogen-bond donors (Lipinski definition) is 1. The molecule has 0 aromatic heterocycles. The number of nitro benzene ring substituents is 1. The summed E-state index contributed by atoms with van der Waals surface area (Å²) in [6.45, 7) is 0. The molecule has 1 aromatic rings. The fourth-order valence-corrected chi connectivity index (χ4v) is 1.73. The number of nitrogens with zero attached hydrogens (tertiary/aromatic N) is 1. The van der Waals surface area contributed by atoms with Crippen molar-refractivity contribution in [2.24, 2.45) is 0 Å². The first-order valence-corrected chi connectivity index (χ1v) is 4.76. The van der Waals surface area contributed by atoms with Crippen LogP contribution in [0.25, 0.3) is 0 Å². The van der Waals surface area contributed by atoms with Crippen molar-refractivity contribution in [2.45, 2.75) is 0 Å². The molecule has 0 atom stereocenters. The van der Waals surface area contributed by atoms with Gasteiger partial charge in [0.05, 0.1) is 10.5 Å². The predicted octanol–water partition coefficient (Wildman–Crippen LogP) is 2.55. The molecule has 74 valence electrons. The minimum Gasteiger partial charge on any atom is -0.478 e. The van der Waals surface area contributed by atoms with E-state index in [0.717, 1.165) is 0 Å². The highest BCUT2D eigenvalue weighted by atomic mass is 127. The first kappa shape index (κ1) is 11.2. The van der Waals surface area contributed by atoms with E-state index in [1.165, 1.54) is 12.1 Å². The molecule has 0 radical (unpaired) electrons. The van der Waals surface area contributed by atoms with E-state index in [0.29, 0.717) is 3.57 Å². The molecule has 0 unspecified atom stereocenters. The molecule has 0 amide bonds. The predicted molar refractivity (Wildman–Crippen MR) is 57.8 cm³/mol. The lowest BCUT2D eigenvalue weighted by Crippen LogP contribution is -2.01. The van der Waals surface area contributed by atoms with Gasteiger partial charge in [-0.2, -0.15) is 0 Å². The highest BCUT2D eigenvalue weighted by Crippen LogP contribution is 2.30. The second kappa shape index (κ2) is 4.09. The van der Waals surface area contributed by atoms with Gasteiger partial charge >= 0.3 is 5.97 Å². The maximum Gasteiger partial charge on any atom is 0.337 e. The topological polar surface area (TPSA) is 80.4 Å². The molecule has 0 bridgehead atoms. The second-order valence-corrected chi connectivity index (χ2v) is 3.97. The van der Waals surface area contributed by atoms with E-state index in [-0.39, 0.29) is 10.6 Å². The van der Waals surface area contributed by atoms with Crippen LogP contribution in [0.2, 0.25) is 5.02 Å². The van der Waals surface area contributed by atoms with Crippen molar-refractivity contribution in [2.75, 3.05) is 0 Å². The van der Waals surface area contributed by atoms with E-state index in [9.17, 15) is 14.9 Å². The summed E-state index contributed by atoms with van der Waals surface area (Å²) in [5, 5.41) is 18.8. The van der Waals surface area contributed by atoms with Gasteiger partial charge in [0.15, 0.2) is 0 Å². The van der Waals surface area contributed by atoms with Crippen LogP contribution in [0.1, 0.15) is 10.4 Å². The zero-order valence-electron chi connectivity index (χ0n) is 6.53. The Balaban J connectivity index is 3.47. The van der Waals surface area contributed by atoms with E-state index in [1.54, 1.807) is 22.6 Å². The number of carboxylic acids is 1. The van der Waals surface area contributed by atoms with Crippen LogP contribution in [0, 0.1) is 13.7 Å². The lowest BCUT2D eigenvalue weighted by atomic mass is 10.2. The number of rotatable bonds is 2. The van der Waals surface area contributed by atoms with Crippen molar-refractivity contribution in [1.29, 1.82) is 0 Å². The minimum absolute atomic E-state index is 0.259. The first-order valence-electron chi connectivity index (χ1n) is 3.30. The Labute approximate surface area is 97.0 Å². The zero-order valence-corrected chi connectivity index (χ0v) is 9.44. The van der Waals surface area contributed by atoms with Crippen LogP contribution in [0.15, 0.2) is 12.1 Å². The maximum absolute atomic E-state index is 10.6.